The van der Waals surface area contributed by atoms with Gasteiger partial charge in [0.1, 0.15) is 29.8 Å². The van der Waals surface area contributed by atoms with Gasteiger partial charge < -0.3 is 23.7 Å². The van der Waals surface area contributed by atoms with Crippen LogP contribution in [-0.2, 0) is 31.9 Å². The molecule has 0 saturated carbocycles. The molecule has 212 valence electrons. The van der Waals surface area contributed by atoms with Crippen LogP contribution in [0.5, 0.6) is 0 Å². The summed E-state index contributed by atoms with van der Waals surface area (Å²) in [5.41, 5.74) is 1.67. The van der Waals surface area contributed by atoms with E-state index in [1.54, 1.807) is 0 Å². The molecule has 39 heavy (non-hydrogen) atoms. The van der Waals surface area contributed by atoms with E-state index in [2.05, 4.69) is 33.9 Å². The summed E-state index contributed by atoms with van der Waals surface area (Å²) in [5.74, 6) is 0. The third-order valence-electron chi connectivity index (χ3n) is 7.65. The lowest BCUT2D eigenvalue weighted by atomic mass is 9.97. The molecule has 2 aromatic rings. The number of aliphatic imine (C=N–C) groups is 1. The monoisotopic (exact) mass is 572 g/mol. The minimum Gasteiger partial charge on any atom is -0.465 e. The number of carbonyl (C=O) groups is 1. The fourth-order valence-corrected chi connectivity index (χ4v) is 6.40. The zero-order valence-electron chi connectivity index (χ0n) is 23.6. The average molecular weight is 573 g/mol. The highest BCUT2D eigenvalue weighted by Crippen LogP contribution is 2.41. The second kappa shape index (κ2) is 12.5. The van der Waals surface area contributed by atoms with E-state index in [9.17, 15) is 9.90 Å². The predicted molar refractivity (Wildman–Crippen MR) is 156 cm³/mol. The first-order valence-electron chi connectivity index (χ1n) is 13.3. The lowest BCUT2D eigenvalue weighted by Gasteiger charge is -2.44. The molecule has 1 saturated heterocycles. The fourth-order valence-electron chi connectivity index (χ4n) is 4.20. The number of benzene rings is 2. The lowest BCUT2D eigenvalue weighted by Crippen LogP contribution is -2.59. The van der Waals surface area contributed by atoms with Gasteiger partial charge in [-0.05, 0) is 29.3 Å². The van der Waals surface area contributed by atoms with Gasteiger partial charge in [-0.3, -0.25) is 9.89 Å². The van der Waals surface area contributed by atoms with Crippen molar-refractivity contribution in [2.45, 2.75) is 81.9 Å². The Labute approximate surface area is 236 Å². The van der Waals surface area contributed by atoms with Crippen molar-refractivity contribution in [1.29, 1.82) is 0 Å². The van der Waals surface area contributed by atoms with Crippen LogP contribution >= 0.6 is 11.8 Å². The third kappa shape index (κ3) is 7.30. The molecule has 10 heteroatoms. The molecule has 0 aromatic heterocycles. The molecular formula is C29H40N2O6SSi. The van der Waals surface area contributed by atoms with Gasteiger partial charge in [0.2, 0.25) is 0 Å². The second-order valence-corrected chi connectivity index (χ2v) is 17.4. The number of ether oxygens (including phenoxy) is 3. The van der Waals surface area contributed by atoms with E-state index < -0.39 is 44.2 Å². The standard InChI is InChI=1S/C29H40N2O6SSi/c1-29(2,3)39(5,6)36-19-22-24(34-17-20-13-9-7-10-14-20)25(35-18-21-15-11-8-12-16-21)23-26(37-22)38-27(30-23)31(4)28(32)33/h7-16,22-26H,17-19H2,1-6H3,(H,32,33)/t22-,23-,24-,25-,26-/m1/s1. The van der Waals surface area contributed by atoms with Gasteiger partial charge in [-0.15, -0.1) is 0 Å². The van der Waals surface area contributed by atoms with E-state index in [1.807, 2.05) is 60.7 Å². The van der Waals surface area contributed by atoms with Crippen LogP contribution in [0.1, 0.15) is 31.9 Å². The van der Waals surface area contributed by atoms with Gasteiger partial charge in [0.05, 0.1) is 19.8 Å². The highest BCUT2D eigenvalue weighted by Gasteiger charge is 2.52. The number of hydrogen-bond donors (Lipinski definition) is 1. The van der Waals surface area contributed by atoms with Gasteiger partial charge in [-0.25, -0.2) is 4.79 Å². The first kappa shape index (κ1) is 29.8. The molecule has 0 bridgehead atoms. The van der Waals surface area contributed by atoms with Crippen LogP contribution in [0.15, 0.2) is 65.7 Å². The molecule has 0 spiro atoms. The number of nitrogens with zero attached hydrogens (tertiary/aromatic N) is 2. The first-order chi connectivity index (χ1) is 18.5. The predicted octanol–water partition coefficient (Wildman–Crippen LogP) is 5.99. The summed E-state index contributed by atoms with van der Waals surface area (Å²) in [6.45, 7) is 12.2. The Kier molecular flexibility index (Phi) is 9.56. The third-order valence-corrected chi connectivity index (χ3v) is 13.4. The molecule has 4 rings (SSSR count). The van der Waals surface area contributed by atoms with Crippen molar-refractivity contribution in [3.63, 3.8) is 0 Å². The summed E-state index contributed by atoms with van der Waals surface area (Å²) in [6, 6.07) is 19.5. The van der Waals surface area contributed by atoms with Gasteiger partial charge in [0, 0.05) is 7.05 Å². The summed E-state index contributed by atoms with van der Waals surface area (Å²) >= 11 is 1.31. The number of fused-ring (bicyclic) bond motifs is 1. The Bertz CT molecular complexity index is 1130. The van der Waals surface area contributed by atoms with Gasteiger partial charge in [-0.1, -0.05) is 93.2 Å². The van der Waals surface area contributed by atoms with Crippen molar-refractivity contribution in [2.75, 3.05) is 13.7 Å². The topological polar surface area (TPSA) is 89.8 Å². The van der Waals surface area contributed by atoms with Crippen molar-refractivity contribution >= 4 is 31.3 Å². The van der Waals surface area contributed by atoms with E-state index in [1.165, 1.54) is 18.8 Å². The smallest absolute Gasteiger partial charge is 0.413 e. The highest BCUT2D eigenvalue weighted by molar-refractivity contribution is 8.14. The van der Waals surface area contributed by atoms with E-state index in [0.29, 0.717) is 25.0 Å². The number of amidine groups is 1. The van der Waals surface area contributed by atoms with Crippen molar-refractivity contribution in [3.05, 3.63) is 71.8 Å². The molecular weight excluding hydrogens is 532 g/mol. The SMILES string of the molecule is CN(C(=O)O)C1=N[C@@H]2[C@@H](OCc3ccccc3)[C@H](OCc3ccccc3)[C@@H](CO[Si](C)(C)C(C)(C)C)O[C@@H]2S1. The highest BCUT2D eigenvalue weighted by atomic mass is 32.2. The lowest BCUT2D eigenvalue weighted by molar-refractivity contribution is -0.204. The first-order valence-corrected chi connectivity index (χ1v) is 17.1. The Morgan fingerprint density at radius 2 is 1.54 bits per heavy atom. The fraction of sp³-hybridized carbons (Fsp3) is 0.517. The maximum Gasteiger partial charge on any atom is 0.413 e. The van der Waals surface area contributed by atoms with Crippen LogP contribution in [0.2, 0.25) is 18.1 Å². The number of thioether (sulfide) groups is 1. The van der Waals surface area contributed by atoms with E-state index >= 15 is 0 Å². The van der Waals surface area contributed by atoms with Crippen LogP contribution in [-0.4, -0.2) is 73.0 Å². The summed E-state index contributed by atoms with van der Waals surface area (Å²) < 4.78 is 26.3. The van der Waals surface area contributed by atoms with Crippen LogP contribution < -0.4 is 0 Å². The number of amides is 1. The van der Waals surface area contributed by atoms with Gasteiger partial charge >= 0.3 is 6.09 Å². The van der Waals surface area contributed by atoms with Crippen molar-refractivity contribution in [1.82, 2.24) is 4.90 Å². The molecule has 0 radical (unpaired) electrons. The Hall–Kier alpha value is -2.21. The van der Waals surface area contributed by atoms with E-state index in [4.69, 9.17) is 23.6 Å². The Morgan fingerprint density at radius 3 is 2.05 bits per heavy atom. The number of rotatable bonds is 9. The minimum atomic E-state index is -2.08. The molecule has 5 atom stereocenters. The van der Waals surface area contributed by atoms with Crippen LogP contribution in [0, 0.1) is 0 Å². The zero-order chi connectivity index (χ0) is 28.2. The number of hydrogen-bond acceptors (Lipinski definition) is 7. The summed E-state index contributed by atoms with van der Waals surface area (Å²) in [7, 11) is -0.583. The van der Waals surface area contributed by atoms with E-state index in [-0.39, 0.29) is 5.04 Å². The molecule has 1 fully saturated rings. The van der Waals surface area contributed by atoms with Crippen molar-refractivity contribution in [2.24, 2.45) is 4.99 Å². The number of carboxylic acid groups (broad SMARTS) is 1. The summed E-state index contributed by atoms with van der Waals surface area (Å²) in [5, 5.41) is 10.0. The minimum absolute atomic E-state index is 0.0381. The van der Waals surface area contributed by atoms with Gasteiger partial charge in [0.15, 0.2) is 13.5 Å². The van der Waals surface area contributed by atoms with Crippen LogP contribution in [0.25, 0.3) is 0 Å². The summed E-state index contributed by atoms with van der Waals surface area (Å²) in [6.07, 6.45) is -2.43. The van der Waals surface area contributed by atoms with Crippen LogP contribution in [0.3, 0.4) is 0 Å². The molecule has 2 heterocycles. The van der Waals surface area contributed by atoms with Crippen LogP contribution in [0.4, 0.5) is 4.79 Å². The van der Waals surface area contributed by atoms with Gasteiger partial charge in [-0.2, -0.15) is 0 Å². The molecule has 1 N–H and O–H groups in total. The Morgan fingerprint density at radius 1 is 1.00 bits per heavy atom. The molecule has 2 aliphatic rings. The maximum atomic E-state index is 11.7. The van der Waals surface area contributed by atoms with Gasteiger partial charge in [0.25, 0.3) is 0 Å². The molecule has 8 nitrogen and oxygen atoms in total. The quantitative estimate of drug-likeness (QED) is 0.370. The maximum absolute atomic E-state index is 11.7. The largest absolute Gasteiger partial charge is 0.465 e. The Balaban J connectivity index is 1.63. The second-order valence-electron chi connectivity index (χ2n) is 11.5. The zero-order valence-corrected chi connectivity index (χ0v) is 25.4. The molecule has 0 unspecified atom stereocenters. The van der Waals surface area contributed by atoms with Crippen molar-refractivity contribution < 1.29 is 28.5 Å². The molecule has 2 aromatic carbocycles. The van der Waals surface area contributed by atoms with E-state index in [0.717, 1.165) is 16.0 Å². The molecule has 0 aliphatic carbocycles. The average Bonchev–Trinajstić information content (AvgIpc) is 3.33. The molecule has 1 amide bonds. The van der Waals surface area contributed by atoms with Crippen molar-refractivity contribution in [3.8, 4) is 0 Å². The normalized spacial score (nSPS) is 25.2. The summed E-state index contributed by atoms with van der Waals surface area (Å²) in [4.78, 5) is 17.6. The molecule has 2 aliphatic heterocycles.